The highest BCUT2D eigenvalue weighted by molar-refractivity contribution is 6.05. The van der Waals surface area contributed by atoms with Gasteiger partial charge in [0.25, 0.3) is 5.91 Å². The maximum atomic E-state index is 13.2. The minimum absolute atomic E-state index is 0.0435. The molecule has 4 bridgehead atoms. The molecule has 3 N–H and O–H groups in total. The second-order valence-electron chi connectivity index (χ2n) is 11.8. The number of aryl methyl sites for hydroxylation is 1. The van der Waals surface area contributed by atoms with Gasteiger partial charge in [-0.05, 0) is 111 Å². The van der Waals surface area contributed by atoms with Crippen LogP contribution in [0, 0.1) is 36.0 Å². The van der Waals surface area contributed by atoms with E-state index in [2.05, 4.69) is 16.0 Å². The fraction of sp³-hybridized carbons (Fsp3) is 0.500. The summed E-state index contributed by atoms with van der Waals surface area (Å²) in [6.07, 6.45) is 9.07. The third-order valence-corrected chi connectivity index (χ3v) is 8.89. The van der Waals surface area contributed by atoms with E-state index >= 15 is 0 Å². The first-order valence-electron chi connectivity index (χ1n) is 13.5. The van der Waals surface area contributed by atoms with Crippen molar-refractivity contribution in [3.8, 4) is 0 Å². The van der Waals surface area contributed by atoms with Gasteiger partial charge in [-0.3, -0.25) is 14.4 Å². The molecule has 5 aliphatic rings. The Balaban J connectivity index is 1.05. The molecule has 0 unspecified atom stereocenters. The van der Waals surface area contributed by atoms with Crippen LogP contribution in [0.2, 0.25) is 0 Å². The highest BCUT2D eigenvalue weighted by atomic mass is 16.2. The fourth-order valence-electron chi connectivity index (χ4n) is 7.15. The van der Waals surface area contributed by atoms with Crippen molar-refractivity contribution in [1.82, 2.24) is 5.32 Å². The first-order valence-corrected chi connectivity index (χ1v) is 13.5. The molecule has 36 heavy (non-hydrogen) atoms. The van der Waals surface area contributed by atoms with Crippen LogP contribution in [0.15, 0.2) is 42.5 Å². The van der Waals surface area contributed by atoms with Crippen LogP contribution in [0.4, 0.5) is 11.4 Å². The van der Waals surface area contributed by atoms with Gasteiger partial charge in [-0.25, -0.2) is 0 Å². The second kappa shape index (κ2) is 9.06. The predicted octanol–water partition coefficient (Wildman–Crippen LogP) is 5.43. The Hall–Kier alpha value is -3.15. The minimum atomic E-state index is -0.201. The molecule has 0 heterocycles. The fourth-order valence-corrected chi connectivity index (χ4v) is 7.15. The lowest BCUT2D eigenvalue weighted by atomic mass is 9.49. The van der Waals surface area contributed by atoms with Gasteiger partial charge in [0.15, 0.2) is 0 Å². The van der Waals surface area contributed by atoms with Gasteiger partial charge in [-0.2, -0.15) is 0 Å². The monoisotopic (exact) mass is 485 g/mol. The Morgan fingerprint density at radius 2 is 1.50 bits per heavy atom. The maximum absolute atomic E-state index is 13.2. The Labute approximate surface area is 212 Å². The zero-order valence-electron chi connectivity index (χ0n) is 20.9. The van der Waals surface area contributed by atoms with Gasteiger partial charge >= 0.3 is 0 Å². The van der Waals surface area contributed by atoms with Crippen LogP contribution in [-0.4, -0.2) is 17.7 Å². The number of benzene rings is 2. The van der Waals surface area contributed by atoms with Gasteiger partial charge in [0.05, 0.1) is 0 Å². The van der Waals surface area contributed by atoms with Gasteiger partial charge in [0, 0.05) is 34.8 Å². The van der Waals surface area contributed by atoms with Crippen LogP contribution >= 0.6 is 0 Å². The van der Waals surface area contributed by atoms with Gasteiger partial charge in [-0.1, -0.05) is 18.2 Å². The first kappa shape index (κ1) is 23.3. The number of hydrogen-bond acceptors (Lipinski definition) is 3. The number of rotatable bonds is 7. The number of anilines is 2. The van der Waals surface area contributed by atoms with E-state index < -0.39 is 0 Å². The molecule has 6 heteroatoms. The third-order valence-electron chi connectivity index (χ3n) is 8.89. The van der Waals surface area contributed by atoms with Gasteiger partial charge in [0.1, 0.15) is 0 Å². The second-order valence-corrected chi connectivity index (χ2v) is 11.8. The van der Waals surface area contributed by atoms with Gasteiger partial charge < -0.3 is 16.0 Å². The van der Waals surface area contributed by atoms with E-state index in [1.807, 2.05) is 37.3 Å². The standard InChI is InChI=1S/C30H35N3O3/c1-18-2-9-25(32-27(34)24-7-8-24)13-26(18)33-28(35)23-5-3-19(4-6-23)17-31-29(36)30-14-20-10-21(15-30)12-22(11-20)16-30/h2-6,9,13,20-22,24H,7-8,10-12,14-17H2,1H3,(H,31,36)(H,32,34)(H,33,35). The van der Waals surface area contributed by atoms with Crippen molar-refractivity contribution in [3.63, 3.8) is 0 Å². The molecule has 0 atom stereocenters. The maximum Gasteiger partial charge on any atom is 0.255 e. The minimum Gasteiger partial charge on any atom is -0.352 e. The van der Waals surface area contributed by atoms with Crippen LogP contribution in [0.5, 0.6) is 0 Å². The molecule has 2 aromatic carbocycles. The molecule has 5 aliphatic carbocycles. The van der Waals surface area contributed by atoms with Crippen LogP contribution in [-0.2, 0) is 16.1 Å². The molecule has 0 aromatic heterocycles. The molecule has 188 valence electrons. The highest BCUT2D eigenvalue weighted by Gasteiger charge is 2.54. The summed E-state index contributed by atoms with van der Waals surface area (Å²) in [5, 5.41) is 9.11. The van der Waals surface area contributed by atoms with Crippen molar-refractivity contribution >= 4 is 29.1 Å². The normalized spacial score (nSPS) is 28.0. The molecule has 0 radical (unpaired) electrons. The number of carbonyl (C=O) groups excluding carboxylic acids is 3. The van der Waals surface area contributed by atoms with E-state index in [0.29, 0.717) is 23.5 Å². The molecule has 5 saturated carbocycles. The van der Waals surface area contributed by atoms with Crippen LogP contribution < -0.4 is 16.0 Å². The Morgan fingerprint density at radius 3 is 2.11 bits per heavy atom. The molecule has 0 saturated heterocycles. The third kappa shape index (κ3) is 4.65. The summed E-state index contributed by atoms with van der Waals surface area (Å²) < 4.78 is 0. The van der Waals surface area contributed by atoms with Crippen molar-refractivity contribution in [2.75, 3.05) is 10.6 Å². The lowest BCUT2D eigenvalue weighted by Gasteiger charge is -2.55. The SMILES string of the molecule is Cc1ccc(NC(=O)C2CC2)cc1NC(=O)c1ccc(CNC(=O)C23CC4CC(CC(C4)C2)C3)cc1. The number of hydrogen-bond donors (Lipinski definition) is 3. The molecule has 5 fully saturated rings. The summed E-state index contributed by atoms with van der Waals surface area (Å²) in [5.74, 6) is 2.44. The quantitative estimate of drug-likeness (QED) is 0.489. The summed E-state index contributed by atoms with van der Waals surface area (Å²) >= 11 is 0. The van der Waals surface area contributed by atoms with Crippen molar-refractivity contribution in [2.24, 2.45) is 29.1 Å². The van der Waals surface area contributed by atoms with Crippen molar-refractivity contribution in [2.45, 2.75) is 64.8 Å². The highest BCUT2D eigenvalue weighted by Crippen LogP contribution is 2.60. The lowest BCUT2D eigenvalue weighted by Crippen LogP contribution is -2.53. The lowest BCUT2D eigenvalue weighted by molar-refractivity contribution is -0.146. The topological polar surface area (TPSA) is 87.3 Å². The first-order chi connectivity index (χ1) is 17.4. The van der Waals surface area contributed by atoms with E-state index in [4.69, 9.17) is 0 Å². The summed E-state index contributed by atoms with van der Waals surface area (Å²) in [4.78, 5) is 38.2. The summed E-state index contributed by atoms with van der Waals surface area (Å²) in [6.45, 7) is 2.42. The van der Waals surface area contributed by atoms with Crippen LogP contribution in [0.25, 0.3) is 0 Å². The number of amides is 3. The van der Waals surface area contributed by atoms with Gasteiger partial charge in [0.2, 0.25) is 11.8 Å². The average Bonchev–Trinajstić information content (AvgIpc) is 3.70. The van der Waals surface area contributed by atoms with Crippen molar-refractivity contribution < 1.29 is 14.4 Å². The van der Waals surface area contributed by atoms with Crippen LogP contribution in [0.1, 0.15) is 72.9 Å². The zero-order chi connectivity index (χ0) is 24.9. The average molecular weight is 486 g/mol. The Bertz CT molecular complexity index is 1160. The van der Waals surface area contributed by atoms with Crippen LogP contribution in [0.3, 0.4) is 0 Å². The molecular formula is C30H35N3O3. The summed E-state index contributed by atoms with van der Waals surface area (Å²) in [6, 6.07) is 13.0. The number of nitrogens with one attached hydrogen (secondary N) is 3. The number of carbonyl (C=O) groups is 3. The van der Waals surface area contributed by atoms with E-state index in [0.717, 1.165) is 61.0 Å². The summed E-state index contributed by atoms with van der Waals surface area (Å²) in [5.41, 5.74) is 3.71. The Morgan fingerprint density at radius 1 is 0.861 bits per heavy atom. The molecule has 7 rings (SSSR count). The molecule has 0 spiro atoms. The molecule has 6 nitrogen and oxygen atoms in total. The summed E-state index contributed by atoms with van der Waals surface area (Å²) in [7, 11) is 0. The molecule has 2 aromatic rings. The van der Waals surface area contributed by atoms with Gasteiger partial charge in [-0.15, -0.1) is 0 Å². The van der Waals surface area contributed by atoms with E-state index in [-0.39, 0.29) is 29.1 Å². The van der Waals surface area contributed by atoms with E-state index in [1.165, 1.54) is 19.3 Å². The largest absolute Gasteiger partial charge is 0.352 e. The smallest absolute Gasteiger partial charge is 0.255 e. The molecule has 3 amide bonds. The molecule has 0 aliphatic heterocycles. The molecular weight excluding hydrogens is 450 g/mol. The van der Waals surface area contributed by atoms with E-state index in [1.54, 1.807) is 12.1 Å². The predicted molar refractivity (Wildman–Crippen MR) is 139 cm³/mol. The van der Waals surface area contributed by atoms with Crippen molar-refractivity contribution in [1.29, 1.82) is 0 Å². The van der Waals surface area contributed by atoms with Crippen molar-refractivity contribution in [3.05, 3.63) is 59.2 Å². The van der Waals surface area contributed by atoms with E-state index in [9.17, 15) is 14.4 Å². The zero-order valence-corrected chi connectivity index (χ0v) is 20.9. The Kier molecular flexibility index (Phi) is 5.85.